The van der Waals surface area contributed by atoms with Crippen LogP contribution in [0.1, 0.15) is 32.8 Å². The van der Waals surface area contributed by atoms with Gasteiger partial charge < -0.3 is 20.5 Å². The van der Waals surface area contributed by atoms with Crippen LogP contribution in [0.2, 0.25) is 0 Å². The van der Waals surface area contributed by atoms with Crippen molar-refractivity contribution < 1.29 is 14.3 Å². The van der Waals surface area contributed by atoms with Crippen molar-refractivity contribution in [2.24, 2.45) is 11.1 Å². The molecular formula is C18H29ClN2O3. The van der Waals surface area contributed by atoms with Crippen LogP contribution in [0.4, 0.5) is 0 Å². The van der Waals surface area contributed by atoms with E-state index < -0.39 is 5.54 Å². The number of benzene rings is 1. The Balaban J connectivity index is 0.00000288. The van der Waals surface area contributed by atoms with Crippen molar-refractivity contribution in [2.45, 2.75) is 45.3 Å². The van der Waals surface area contributed by atoms with Gasteiger partial charge in [0.05, 0.1) is 13.2 Å². The van der Waals surface area contributed by atoms with E-state index in [9.17, 15) is 4.79 Å². The Bertz CT molecular complexity index is 565. The summed E-state index contributed by atoms with van der Waals surface area (Å²) in [5, 5.41) is 2.97. The fourth-order valence-electron chi connectivity index (χ4n) is 3.13. The van der Waals surface area contributed by atoms with Crippen molar-refractivity contribution in [1.82, 2.24) is 5.32 Å². The molecule has 0 bridgehead atoms. The van der Waals surface area contributed by atoms with Crippen molar-refractivity contribution >= 4 is 18.3 Å². The second kappa shape index (κ2) is 8.19. The highest BCUT2D eigenvalue weighted by molar-refractivity contribution is 5.88. The molecule has 0 spiro atoms. The molecule has 24 heavy (non-hydrogen) atoms. The summed E-state index contributed by atoms with van der Waals surface area (Å²) in [6.07, 6.45) is 1.36. The maximum absolute atomic E-state index is 12.5. The number of nitrogens with one attached hydrogen (secondary N) is 1. The maximum atomic E-state index is 12.5. The van der Waals surface area contributed by atoms with Gasteiger partial charge in [-0.2, -0.15) is 0 Å². The molecule has 1 aromatic carbocycles. The standard InChI is InChI=1S/C18H28N2O3.ClH/c1-5-23-15-12-18(19,17(15,2)3)16(21)20-10-9-13-7-6-8-14(11-13)22-4;/h6-8,11,15H,5,9-10,12,19H2,1-4H3,(H,20,21);1H. The van der Waals surface area contributed by atoms with Crippen LogP contribution in [-0.2, 0) is 16.0 Å². The number of halogens is 1. The highest BCUT2D eigenvalue weighted by atomic mass is 35.5. The smallest absolute Gasteiger partial charge is 0.240 e. The van der Waals surface area contributed by atoms with E-state index in [0.717, 1.165) is 17.7 Å². The van der Waals surface area contributed by atoms with E-state index in [-0.39, 0.29) is 29.8 Å². The summed E-state index contributed by atoms with van der Waals surface area (Å²) < 4.78 is 10.9. The zero-order valence-corrected chi connectivity index (χ0v) is 15.7. The minimum atomic E-state index is -0.860. The SMILES string of the molecule is CCOC1CC(N)(C(=O)NCCc2cccc(OC)c2)C1(C)C.Cl. The number of hydrogen-bond donors (Lipinski definition) is 2. The number of carbonyl (C=O) groups is 1. The number of methoxy groups -OCH3 is 1. The predicted molar refractivity (Wildman–Crippen MR) is 97.7 cm³/mol. The number of amides is 1. The molecule has 3 N–H and O–H groups in total. The first-order chi connectivity index (χ1) is 10.8. The summed E-state index contributed by atoms with van der Waals surface area (Å²) in [6, 6.07) is 7.85. The molecule has 0 saturated heterocycles. The van der Waals surface area contributed by atoms with Gasteiger partial charge in [-0.3, -0.25) is 4.79 Å². The van der Waals surface area contributed by atoms with Gasteiger partial charge in [0.2, 0.25) is 5.91 Å². The van der Waals surface area contributed by atoms with Crippen LogP contribution in [0, 0.1) is 5.41 Å². The predicted octanol–water partition coefficient (Wildman–Crippen LogP) is 2.31. The zero-order chi connectivity index (χ0) is 17.1. The van der Waals surface area contributed by atoms with E-state index in [4.69, 9.17) is 15.2 Å². The van der Waals surface area contributed by atoms with E-state index in [1.165, 1.54) is 0 Å². The van der Waals surface area contributed by atoms with E-state index in [1.54, 1.807) is 7.11 Å². The third-order valence-corrected chi connectivity index (χ3v) is 5.07. The molecule has 0 aromatic heterocycles. The van der Waals surface area contributed by atoms with Gasteiger partial charge in [-0.05, 0) is 31.0 Å². The lowest BCUT2D eigenvalue weighted by Crippen LogP contribution is -2.75. The fourth-order valence-corrected chi connectivity index (χ4v) is 3.13. The second-order valence-corrected chi connectivity index (χ2v) is 6.70. The summed E-state index contributed by atoms with van der Waals surface area (Å²) >= 11 is 0. The molecule has 2 rings (SSSR count). The quantitative estimate of drug-likeness (QED) is 0.786. The number of carbonyl (C=O) groups excluding carboxylic acids is 1. The molecule has 1 aliphatic rings. The van der Waals surface area contributed by atoms with E-state index in [1.807, 2.05) is 45.0 Å². The first kappa shape index (κ1) is 20.7. The molecular weight excluding hydrogens is 328 g/mol. The van der Waals surface area contributed by atoms with Crippen LogP contribution in [0.25, 0.3) is 0 Å². The van der Waals surface area contributed by atoms with Gasteiger partial charge in [-0.15, -0.1) is 12.4 Å². The molecule has 6 heteroatoms. The minimum Gasteiger partial charge on any atom is -0.497 e. The number of nitrogens with two attached hydrogens (primary N) is 1. The summed E-state index contributed by atoms with van der Waals surface area (Å²) in [5.74, 6) is 0.727. The molecule has 2 atom stereocenters. The zero-order valence-electron chi connectivity index (χ0n) is 14.9. The second-order valence-electron chi connectivity index (χ2n) is 6.70. The molecule has 0 radical (unpaired) electrons. The molecule has 1 aromatic rings. The van der Waals surface area contributed by atoms with Gasteiger partial charge in [0.25, 0.3) is 0 Å². The van der Waals surface area contributed by atoms with Crippen molar-refractivity contribution in [3.05, 3.63) is 29.8 Å². The van der Waals surface area contributed by atoms with Crippen LogP contribution in [-0.4, -0.2) is 37.8 Å². The molecule has 0 heterocycles. The van der Waals surface area contributed by atoms with Gasteiger partial charge in [0.15, 0.2) is 0 Å². The third-order valence-electron chi connectivity index (χ3n) is 5.07. The Morgan fingerprint density at radius 3 is 2.71 bits per heavy atom. The molecule has 0 aliphatic heterocycles. The Morgan fingerprint density at radius 2 is 2.12 bits per heavy atom. The molecule has 5 nitrogen and oxygen atoms in total. The normalized spacial score (nSPS) is 24.5. The Morgan fingerprint density at radius 1 is 1.42 bits per heavy atom. The minimum absolute atomic E-state index is 0. The van der Waals surface area contributed by atoms with Crippen LogP contribution in [0.3, 0.4) is 0 Å². The van der Waals surface area contributed by atoms with Crippen molar-refractivity contribution in [3.8, 4) is 5.75 Å². The summed E-state index contributed by atoms with van der Waals surface area (Å²) in [7, 11) is 1.65. The molecule has 1 amide bonds. The van der Waals surface area contributed by atoms with Crippen molar-refractivity contribution in [2.75, 3.05) is 20.3 Å². The monoisotopic (exact) mass is 356 g/mol. The molecule has 2 unspecified atom stereocenters. The largest absolute Gasteiger partial charge is 0.497 e. The summed E-state index contributed by atoms with van der Waals surface area (Å²) in [5.41, 5.74) is 6.26. The first-order valence-electron chi connectivity index (χ1n) is 8.17. The lowest BCUT2D eigenvalue weighted by atomic mass is 9.54. The topological polar surface area (TPSA) is 73.6 Å². The van der Waals surface area contributed by atoms with Crippen molar-refractivity contribution in [1.29, 1.82) is 0 Å². The van der Waals surface area contributed by atoms with Crippen LogP contribution < -0.4 is 15.8 Å². The average Bonchev–Trinajstić information content (AvgIpc) is 2.54. The Labute approximate surface area is 150 Å². The van der Waals surface area contributed by atoms with Gasteiger partial charge in [0, 0.05) is 25.0 Å². The van der Waals surface area contributed by atoms with Crippen LogP contribution >= 0.6 is 12.4 Å². The number of hydrogen-bond acceptors (Lipinski definition) is 4. The highest BCUT2D eigenvalue weighted by Crippen LogP contribution is 2.49. The van der Waals surface area contributed by atoms with Gasteiger partial charge in [0.1, 0.15) is 11.3 Å². The van der Waals surface area contributed by atoms with Crippen LogP contribution in [0.15, 0.2) is 24.3 Å². The molecule has 136 valence electrons. The van der Waals surface area contributed by atoms with Crippen LogP contribution in [0.5, 0.6) is 5.75 Å². The summed E-state index contributed by atoms with van der Waals surface area (Å²) in [4.78, 5) is 12.5. The van der Waals surface area contributed by atoms with E-state index >= 15 is 0 Å². The molecule has 1 aliphatic carbocycles. The highest BCUT2D eigenvalue weighted by Gasteiger charge is 2.62. The third kappa shape index (κ3) is 3.85. The maximum Gasteiger partial charge on any atom is 0.240 e. The number of ether oxygens (including phenoxy) is 2. The Kier molecular flexibility index (Phi) is 7.08. The van der Waals surface area contributed by atoms with E-state index in [2.05, 4.69) is 5.32 Å². The van der Waals surface area contributed by atoms with Gasteiger partial charge >= 0.3 is 0 Å². The summed E-state index contributed by atoms with van der Waals surface area (Å²) in [6.45, 7) is 7.15. The Hall–Kier alpha value is -1.30. The van der Waals surface area contributed by atoms with Gasteiger partial charge in [-0.1, -0.05) is 26.0 Å². The average molecular weight is 357 g/mol. The first-order valence-corrected chi connectivity index (χ1v) is 8.17. The fraction of sp³-hybridized carbons (Fsp3) is 0.611. The molecule has 1 fully saturated rings. The van der Waals surface area contributed by atoms with E-state index in [0.29, 0.717) is 19.6 Å². The lowest BCUT2D eigenvalue weighted by molar-refractivity contribution is -0.170. The van der Waals surface area contributed by atoms with Crippen molar-refractivity contribution in [3.63, 3.8) is 0 Å². The van der Waals surface area contributed by atoms with Gasteiger partial charge in [-0.25, -0.2) is 0 Å². The lowest BCUT2D eigenvalue weighted by Gasteiger charge is -2.57. The molecule has 1 saturated carbocycles. The number of rotatable bonds is 7.